The largest absolute Gasteiger partial charge is 0.321 e. The van der Waals surface area contributed by atoms with Gasteiger partial charge in [-0.3, -0.25) is 4.79 Å². The molecule has 0 fully saturated rings. The predicted octanol–water partition coefficient (Wildman–Crippen LogP) is 3.56. The number of aromatic nitrogens is 3. The van der Waals surface area contributed by atoms with E-state index in [1.54, 1.807) is 6.33 Å². The van der Waals surface area contributed by atoms with E-state index in [0.717, 1.165) is 21.5 Å². The third-order valence-electron chi connectivity index (χ3n) is 2.91. The number of carbonyl (C=O) groups excluding carboxylic acids is 1. The molecule has 0 atom stereocenters. The van der Waals surface area contributed by atoms with Gasteiger partial charge in [0.1, 0.15) is 11.2 Å². The number of halogens is 1. The van der Waals surface area contributed by atoms with Gasteiger partial charge in [0.25, 0.3) is 5.91 Å². The van der Waals surface area contributed by atoms with E-state index in [1.807, 2.05) is 47.3 Å². The molecule has 1 aromatic carbocycles. The molecule has 7 heteroatoms. The molecule has 0 radical (unpaired) electrons. The van der Waals surface area contributed by atoms with E-state index in [9.17, 15) is 4.79 Å². The number of hydrogen-bond acceptors (Lipinski definition) is 4. The maximum absolute atomic E-state index is 12.2. The van der Waals surface area contributed by atoms with Crippen LogP contribution in [-0.2, 0) is 7.05 Å². The zero-order valence-electron chi connectivity index (χ0n) is 11.1. The second kappa shape index (κ2) is 5.79. The third-order valence-corrected chi connectivity index (χ3v) is 4.75. The molecule has 1 amide bonds. The lowest BCUT2D eigenvalue weighted by molar-refractivity contribution is 0.103. The van der Waals surface area contributed by atoms with E-state index in [0.29, 0.717) is 4.88 Å². The molecule has 0 saturated heterocycles. The minimum Gasteiger partial charge on any atom is -0.321 e. The van der Waals surface area contributed by atoms with Gasteiger partial charge in [-0.1, -0.05) is 12.1 Å². The summed E-state index contributed by atoms with van der Waals surface area (Å²) in [6.45, 7) is 0. The fraction of sp³-hybridized carbons (Fsp3) is 0.0714. The summed E-state index contributed by atoms with van der Waals surface area (Å²) in [5, 5.41) is 12.7. The molecule has 3 aromatic rings. The molecule has 2 heterocycles. The Kier molecular flexibility index (Phi) is 3.85. The van der Waals surface area contributed by atoms with Gasteiger partial charge in [-0.05, 0) is 39.5 Å². The van der Waals surface area contributed by atoms with Gasteiger partial charge in [-0.25, -0.2) is 0 Å². The summed E-state index contributed by atoms with van der Waals surface area (Å²) < 4.78 is 2.63. The molecule has 0 aliphatic rings. The first-order chi connectivity index (χ1) is 10.1. The summed E-state index contributed by atoms with van der Waals surface area (Å²) in [5.41, 5.74) is 1.62. The Labute approximate surface area is 133 Å². The minimum absolute atomic E-state index is 0.132. The van der Waals surface area contributed by atoms with Crippen LogP contribution in [0.25, 0.3) is 11.4 Å². The molecule has 0 aliphatic heterocycles. The smallest absolute Gasteiger partial charge is 0.266 e. The summed E-state index contributed by atoms with van der Waals surface area (Å²) in [4.78, 5) is 12.8. The van der Waals surface area contributed by atoms with Gasteiger partial charge in [0.2, 0.25) is 0 Å². The van der Waals surface area contributed by atoms with Crippen LogP contribution in [0.3, 0.4) is 0 Å². The van der Waals surface area contributed by atoms with Gasteiger partial charge >= 0.3 is 0 Å². The summed E-state index contributed by atoms with van der Waals surface area (Å²) in [5.74, 6) is 0.621. The van der Waals surface area contributed by atoms with E-state index in [-0.39, 0.29) is 5.91 Å². The molecule has 21 heavy (non-hydrogen) atoms. The Bertz CT molecular complexity index is 796. The van der Waals surface area contributed by atoms with E-state index in [2.05, 4.69) is 31.4 Å². The van der Waals surface area contributed by atoms with Crippen molar-refractivity contribution in [2.75, 3.05) is 5.32 Å². The molecule has 5 nitrogen and oxygen atoms in total. The number of rotatable bonds is 3. The van der Waals surface area contributed by atoms with Crippen molar-refractivity contribution in [2.45, 2.75) is 0 Å². The van der Waals surface area contributed by atoms with E-state index < -0.39 is 0 Å². The molecular formula is C14H11BrN4OS. The van der Waals surface area contributed by atoms with Crippen molar-refractivity contribution in [1.82, 2.24) is 14.8 Å². The number of hydrogen-bond donors (Lipinski definition) is 1. The van der Waals surface area contributed by atoms with Crippen LogP contribution in [0, 0.1) is 0 Å². The maximum Gasteiger partial charge on any atom is 0.266 e. The van der Waals surface area contributed by atoms with Crippen LogP contribution in [-0.4, -0.2) is 20.7 Å². The number of nitrogens with one attached hydrogen (secondary N) is 1. The summed E-state index contributed by atoms with van der Waals surface area (Å²) >= 11 is 4.76. The van der Waals surface area contributed by atoms with Gasteiger partial charge in [0.15, 0.2) is 5.82 Å². The Balaban J connectivity index is 1.86. The monoisotopic (exact) mass is 362 g/mol. The van der Waals surface area contributed by atoms with Crippen LogP contribution >= 0.6 is 27.3 Å². The predicted molar refractivity (Wildman–Crippen MR) is 86.4 cm³/mol. The molecule has 2 aromatic heterocycles. The lowest BCUT2D eigenvalue weighted by Gasteiger charge is -2.06. The number of carbonyl (C=O) groups is 1. The van der Waals surface area contributed by atoms with Gasteiger partial charge in [-0.2, -0.15) is 0 Å². The fourth-order valence-corrected chi connectivity index (χ4v) is 3.37. The normalized spacial score (nSPS) is 10.6. The molecule has 0 bridgehead atoms. The van der Waals surface area contributed by atoms with E-state index >= 15 is 0 Å². The molecule has 106 valence electrons. The summed E-state index contributed by atoms with van der Waals surface area (Å²) in [6.07, 6.45) is 1.64. The SMILES string of the molecule is Cn1cnnc1-c1cccc(NC(=O)c2sccc2Br)c1. The summed E-state index contributed by atoms with van der Waals surface area (Å²) in [6, 6.07) is 9.39. The molecule has 0 unspecified atom stereocenters. The second-order valence-electron chi connectivity index (χ2n) is 4.40. The Morgan fingerprint density at radius 1 is 1.38 bits per heavy atom. The average Bonchev–Trinajstić information content (AvgIpc) is 3.07. The number of anilines is 1. The Hall–Kier alpha value is -1.99. The van der Waals surface area contributed by atoms with E-state index in [4.69, 9.17) is 0 Å². The number of thiophene rings is 1. The molecule has 0 aliphatic carbocycles. The zero-order valence-corrected chi connectivity index (χ0v) is 13.5. The first-order valence-electron chi connectivity index (χ1n) is 6.14. The molecule has 0 spiro atoms. The van der Waals surface area contributed by atoms with Crippen LogP contribution in [0.4, 0.5) is 5.69 Å². The molecule has 1 N–H and O–H groups in total. The third kappa shape index (κ3) is 2.88. The Morgan fingerprint density at radius 2 is 2.24 bits per heavy atom. The van der Waals surface area contributed by atoms with Gasteiger partial charge < -0.3 is 9.88 Å². The standard InChI is InChI=1S/C14H11BrN4OS/c1-19-8-16-18-13(19)9-3-2-4-10(7-9)17-14(20)12-11(15)5-6-21-12/h2-8H,1H3,(H,17,20). The highest BCUT2D eigenvalue weighted by Crippen LogP contribution is 2.25. The highest BCUT2D eigenvalue weighted by atomic mass is 79.9. The Morgan fingerprint density at radius 3 is 2.90 bits per heavy atom. The maximum atomic E-state index is 12.2. The first kappa shape index (κ1) is 14.0. The fourth-order valence-electron chi connectivity index (χ4n) is 1.92. The highest BCUT2D eigenvalue weighted by molar-refractivity contribution is 9.10. The van der Waals surface area contributed by atoms with Crippen molar-refractivity contribution in [1.29, 1.82) is 0 Å². The van der Waals surface area contributed by atoms with Crippen molar-refractivity contribution in [3.05, 3.63) is 51.4 Å². The quantitative estimate of drug-likeness (QED) is 0.774. The summed E-state index contributed by atoms with van der Waals surface area (Å²) in [7, 11) is 1.88. The van der Waals surface area contributed by atoms with Crippen LogP contribution in [0.5, 0.6) is 0 Å². The lowest BCUT2D eigenvalue weighted by atomic mass is 10.2. The second-order valence-corrected chi connectivity index (χ2v) is 6.17. The van der Waals surface area contributed by atoms with E-state index in [1.165, 1.54) is 11.3 Å². The van der Waals surface area contributed by atoms with Crippen molar-refractivity contribution >= 4 is 38.9 Å². The minimum atomic E-state index is -0.132. The molecular weight excluding hydrogens is 352 g/mol. The zero-order chi connectivity index (χ0) is 14.8. The van der Waals surface area contributed by atoms with Crippen molar-refractivity contribution in [2.24, 2.45) is 7.05 Å². The topological polar surface area (TPSA) is 59.8 Å². The first-order valence-corrected chi connectivity index (χ1v) is 7.81. The number of benzene rings is 1. The van der Waals surface area contributed by atoms with Gasteiger partial charge in [0, 0.05) is 22.8 Å². The average molecular weight is 363 g/mol. The van der Waals surface area contributed by atoms with Crippen molar-refractivity contribution < 1.29 is 4.79 Å². The van der Waals surface area contributed by atoms with Crippen LogP contribution in [0.2, 0.25) is 0 Å². The lowest BCUT2D eigenvalue weighted by Crippen LogP contribution is -2.10. The van der Waals surface area contributed by atoms with Crippen LogP contribution in [0.15, 0.2) is 46.5 Å². The molecule has 0 saturated carbocycles. The highest BCUT2D eigenvalue weighted by Gasteiger charge is 2.12. The van der Waals surface area contributed by atoms with Crippen LogP contribution in [0.1, 0.15) is 9.67 Å². The number of amides is 1. The molecule has 3 rings (SSSR count). The van der Waals surface area contributed by atoms with Gasteiger partial charge in [-0.15, -0.1) is 21.5 Å². The van der Waals surface area contributed by atoms with Gasteiger partial charge in [0.05, 0.1) is 0 Å². The van der Waals surface area contributed by atoms with Crippen molar-refractivity contribution in [3.63, 3.8) is 0 Å². The number of aryl methyl sites for hydroxylation is 1. The van der Waals surface area contributed by atoms with Crippen LogP contribution < -0.4 is 5.32 Å². The number of nitrogens with zero attached hydrogens (tertiary/aromatic N) is 3. The van der Waals surface area contributed by atoms with Crippen molar-refractivity contribution in [3.8, 4) is 11.4 Å².